The van der Waals surface area contributed by atoms with Crippen molar-refractivity contribution in [2.45, 2.75) is 35.1 Å². The summed E-state index contributed by atoms with van der Waals surface area (Å²) in [4.78, 5) is 1.76. The van der Waals surface area contributed by atoms with Crippen LogP contribution in [0.25, 0.3) is 10.2 Å². The van der Waals surface area contributed by atoms with Gasteiger partial charge in [-0.2, -0.15) is 16.8 Å². The Labute approximate surface area is 192 Å². The summed E-state index contributed by atoms with van der Waals surface area (Å²) in [6.45, 7) is 5.11. The van der Waals surface area contributed by atoms with Crippen molar-refractivity contribution in [2.75, 3.05) is 6.54 Å². The van der Waals surface area contributed by atoms with E-state index in [2.05, 4.69) is 10.2 Å². The second kappa shape index (κ2) is 8.37. The van der Waals surface area contributed by atoms with Gasteiger partial charge >= 0.3 is 0 Å². The monoisotopic (exact) mass is 515 g/mol. The lowest BCUT2D eigenvalue weighted by Gasteiger charge is -2.08. The molecule has 0 saturated heterocycles. The Balaban J connectivity index is 1.79. The Kier molecular flexibility index (Phi) is 6.04. The molecule has 0 radical (unpaired) electrons. The van der Waals surface area contributed by atoms with Crippen molar-refractivity contribution < 1.29 is 30.8 Å². The van der Waals surface area contributed by atoms with E-state index in [9.17, 15) is 25.9 Å². The molecule has 2 heterocycles. The normalized spacial score (nSPS) is 18.6. The summed E-state index contributed by atoms with van der Waals surface area (Å²) in [5.74, 6) is 0. The Morgan fingerprint density at radius 3 is 2.25 bits per heavy atom. The van der Waals surface area contributed by atoms with Crippen LogP contribution in [0.3, 0.4) is 0 Å². The first-order valence-electron chi connectivity index (χ1n) is 9.41. The van der Waals surface area contributed by atoms with Crippen LogP contribution < -0.4 is 9.70 Å². The number of hydrogen-bond acceptors (Lipinski definition) is 8. The van der Waals surface area contributed by atoms with Crippen LogP contribution in [0.1, 0.15) is 13.8 Å². The number of thiazole rings is 1. The molecule has 0 spiro atoms. The van der Waals surface area contributed by atoms with Gasteiger partial charge in [0, 0.05) is 12.6 Å². The van der Waals surface area contributed by atoms with Crippen molar-refractivity contribution in [2.24, 2.45) is 10.2 Å². The first-order chi connectivity index (χ1) is 15.0. The summed E-state index contributed by atoms with van der Waals surface area (Å²) < 4.78 is 66.9. The molecule has 1 aromatic heterocycles. The average molecular weight is 516 g/mol. The van der Waals surface area contributed by atoms with Gasteiger partial charge in [0.1, 0.15) is 0 Å². The molecular formula is C18H19N4O6S4+. The van der Waals surface area contributed by atoms with Gasteiger partial charge in [0.25, 0.3) is 25.4 Å². The van der Waals surface area contributed by atoms with Gasteiger partial charge in [-0.3, -0.25) is 9.11 Å². The smallest absolute Gasteiger partial charge is 0.294 e. The Morgan fingerprint density at radius 2 is 1.62 bits per heavy atom. The third-order valence-electron chi connectivity index (χ3n) is 4.89. The molecule has 10 nitrogen and oxygen atoms in total. The quantitative estimate of drug-likeness (QED) is 0.347. The van der Waals surface area contributed by atoms with E-state index in [1.54, 1.807) is 12.1 Å². The van der Waals surface area contributed by atoms with E-state index >= 15 is 0 Å². The maximum absolute atomic E-state index is 11.5. The predicted octanol–water partition coefficient (Wildman–Crippen LogP) is 1.73. The molecule has 1 aliphatic heterocycles. The molecule has 4 rings (SSSR count). The number of aromatic nitrogens is 1. The van der Waals surface area contributed by atoms with E-state index in [0.717, 1.165) is 16.1 Å². The molecule has 170 valence electrons. The highest BCUT2D eigenvalue weighted by molar-refractivity contribution is 8.13. The van der Waals surface area contributed by atoms with Crippen molar-refractivity contribution >= 4 is 64.4 Å². The van der Waals surface area contributed by atoms with Crippen LogP contribution in [-0.2, 0) is 26.8 Å². The van der Waals surface area contributed by atoms with Gasteiger partial charge in [0.05, 0.1) is 31.4 Å². The SMILES string of the molecule is CCn1/c(=N/N=C2/Sc3cc(S(=O)(=O)O)ccc3[NH+]2CC)sc2cc(S(=O)(=O)O)ccc21. The zero-order chi connectivity index (χ0) is 23.3. The summed E-state index contributed by atoms with van der Waals surface area (Å²) in [5, 5.41) is 9.41. The standard InChI is InChI=1S/C18H18N4O6S4/c1-3-21-13-7-5-11(31(23,24)25)9-15(13)29-17(21)19-20-18-22(4-2)14-8-6-12(32(26,27)28)10-16(14)30-18/h5-10H,3-4H2,1-2H3,(H,23,24,25)(H,26,27,28)/p+1/b19-17-,20-18+. The molecule has 1 aliphatic rings. The zero-order valence-electron chi connectivity index (χ0n) is 16.9. The maximum atomic E-state index is 11.5. The van der Waals surface area contributed by atoms with E-state index in [0.29, 0.717) is 32.7 Å². The Hall–Kier alpha value is -2.07. The number of hydrogen-bond donors (Lipinski definition) is 3. The molecule has 2 aromatic carbocycles. The van der Waals surface area contributed by atoms with Crippen molar-refractivity contribution in [3.8, 4) is 0 Å². The summed E-state index contributed by atoms with van der Waals surface area (Å²) in [5.41, 5.74) is 1.61. The summed E-state index contributed by atoms with van der Waals surface area (Å²) in [6, 6.07) is 8.77. The molecule has 1 unspecified atom stereocenters. The van der Waals surface area contributed by atoms with E-state index in [1.165, 1.54) is 47.4 Å². The van der Waals surface area contributed by atoms with Gasteiger partial charge in [0.15, 0.2) is 5.69 Å². The third kappa shape index (κ3) is 4.26. The van der Waals surface area contributed by atoms with Crippen LogP contribution in [-0.4, -0.2) is 42.2 Å². The highest BCUT2D eigenvalue weighted by atomic mass is 32.2. The van der Waals surface area contributed by atoms with Crippen molar-refractivity contribution in [3.63, 3.8) is 0 Å². The molecule has 0 aliphatic carbocycles. The van der Waals surface area contributed by atoms with Crippen molar-refractivity contribution in [3.05, 3.63) is 41.2 Å². The van der Waals surface area contributed by atoms with Crippen LogP contribution in [0.2, 0.25) is 0 Å². The summed E-state index contributed by atoms with van der Waals surface area (Å²) in [6.07, 6.45) is 0. The second-order valence-electron chi connectivity index (χ2n) is 6.81. The van der Waals surface area contributed by atoms with E-state index in [1.807, 2.05) is 18.4 Å². The fraction of sp³-hybridized carbons (Fsp3) is 0.222. The van der Waals surface area contributed by atoms with E-state index in [-0.39, 0.29) is 9.79 Å². The lowest BCUT2D eigenvalue weighted by Crippen LogP contribution is -3.07. The number of aryl methyl sites for hydroxylation is 1. The highest BCUT2D eigenvalue weighted by Crippen LogP contribution is 2.32. The minimum atomic E-state index is -4.31. The summed E-state index contributed by atoms with van der Waals surface area (Å²) >= 11 is 2.51. The van der Waals surface area contributed by atoms with Crippen LogP contribution in [0.15, 0.2) is 61.3 Å². The van der Waals surface area contributed by atoms with Gasteiger partial charge in [-0.25, -0.2) is 4.90 Å². The van der Waals surface area contributed by atoms with Crippen LogP contribution >= 0.6 is 23.1 Å². The molecule has 0 fully saturated rings. The molecule has 0 saturated carbocycles. The van der Waals surface area contributed by atoms with Crippen LogP contribution in [0.5, 0.6) is 0 Å². The minimum Gasteiger partial charge on any atom is -0.315 e. The first kappa shape index (κ1) is 23.1. The topological polar surface area (TPSA) is 143 Å². The lowest BCUT2D eigenvalue weighted by atomic mass is 10.3. The number of benzene rings is 2. The number of thioether (sulfide) groups is 1. The Bertz CT molecular complexity index is 1540. The van der Waals surface area contributed by atoms with Gasteiger partial charge in [0.2, 0.25) is 4.80 Å². The van der Waals surface area contributed by atoms with Crippen molar-refractivity contribution in [1.82, 2.24) is 4.57 Å². The molecule has 32 heavy (non-hydrogen) atoms. The lowest BCUT2D eigenvalue weighted by molar-refractivity contribution is -0.724. The minimum absolute atomic E-state index is 0.180. The number of rotatable bonds is 5. The van der Waals surface area contributed by atoms with Gasteiger partial charge in [-0.1, -0.05) is 16.4 Å². The number of nitrogens with zero attached hydrogens (tertiary/aromatic N) is 3. The largest absolute Gasteiger partial charge is 0.315 e. The second-order valence-corrected chi connectivity index (χ2v) is 11.7. The number of quaternary nitrogens is 1. The summed E-state index contributed by atoms with van der Waals surface area (Å²) in [7, 11) is -8.62. The molecule has 14 heteroatoms. The fourth-order valence-corrected chi connectivity index (χ4v) is 6.79. The molecule has 1 atom stereocenters. The van der Waals surface area contributed by atoms with Gasteiger partial charge < -0.3 is 4.57 Å². The molecule has 0 amide bonds. The first-order valence-corrected chi connectivity index (χ1v) is 13.9. The molecule has 3 N–H and O–H groups in total. The van der Waals surface area contributed by atoms with Gasteiger partial charge in [-0.15, -0.1) is 5.10 Å². The highest BCUT2D eigenvalue weighted by Gasteiger charge is 2.33. The molecule has 3 aromatic rings. The molecular weight excluding hydrogens is 496 g/mol. The number of amidine groups is 1. The third-order valence-corrected chi connectivity index (χ3v) is 8.70. The molecule has 0 bridgehead atoms. The van der Waals surface area contributed by atoms with Crippen LogP contribution in [0.4, 0.5) is 5.69 Å². The fourth-order valence-electron chi connectivity index (χ4n) is 3.38. The predicted molar refractivity (Wildman–Crippen MR) is 122 cm³/mol. The number of nitrogens with one attached hydrogen (secondary N) is 1. The van der Waals surface area contributed by atoms with E-state index in [4.69, 9.17) is 0 Å². The number of fused-ring (bicyclic) bond motifs is 2. The Morgan fingerprint density at radius 1 is 0.969 bits per heavy atom. The zero-order valence-corrected chi connectivity index (χ0v) is 20.1. The van der Waals surface area contributed by atoms with Crippen LogP contribution in [0, 0.1) is 0 Å². The maximum Gasteiger partial charge on any atom is 0.294 e. The van der Waals surface area contributed by atoms with Gasteiger partial charge in [-0.05, 0) is 55.9 Å². The van der Waals surface area contributed by atoms with Crippen molar-refractivity contribution in [1.29, 1.82) is 0 Å². The van der Waals surface area contributed by atoms with E-state index < -0.39 is 20.2 Å². The average Bonchev–Trinajstić information content (AvgIpc) is 3.26.